The zero-order valence-electron chi connectivity index (χ0n) is 17.6. The number of ether oxygens (including phenoxy) is 4. The Hall–Kier alpha value is -2.12. The molecule has 1 aromatic rings. The van der Waals surface area contributed by atoms with Gasteiger partial charge in [0.05, 0.1) is 7.11 Å². The van der Waals surface area contributed by atoms with Crippen LogP contribution in [0.4, 0.5) is 0 Å². The highest BCUT2D eigenvalue weighted by Crippen LogP contribution is 2.42. The first-order valence-corrected chi connectivity index (χ1v) is 13.1. The van der Waals surface area contributed by atoms with Crippen molar-refractivity contribution in [1.29, 1.82) is 0 Å². The van der Waals surface area contributed by atoms with E-state index in [4.69, 9.17) is 18.9 Å². The maximum Gasteiger partial charge on any atom is 0.342 e. The topological polar surface area (TPSA) is 71.1 Å². The first-order chi connectivity index (χ1) is 13.2. The number of cyclic esters (lactones) is 1. The number of benzene rings is 1. The van der Waals surface area contributed by atoms with Crippen molar-refractivity contribution in [2.45, 2.75) is 52.6 Å². The van der Waals surface area contributed by atoms with Crippen LogP contribution >= 0.6 is 0 Å². The van der Waals surface area contributed by atoms with E-state index in [0.29, 0.717) is 41.2 Å². The van der Waals surface area contributed by atoms with Crippen LogP contribution in [0, 0.1) is 6.92 Å². The van der Waals surface area contributed by atoms with E-state index in [2.05, 4.69) is 19.6 Å². The molecule has 0 aliphatic carbocycles. The molecule has 0 spiro atoms. The molecule has 0 radical (unpaired) electrons. The molecule has 0 atom stereocenters. The summed E-state index contributed by atoms with van der Waals surface area (Å²) in [6, 6.07) is 1.03. The number of methoxy groups -OCH3 is 1. The molecule has 28 heavy (non-hydrogen) atoms. The molecule has 0 bridgehead atoms. The summed E-state index contributed by atoms with van der Waals surface area (Å²) >= 11 is 0. The van der Waals surface area contributed by atoms with E-state index in [-0.39, 0.29) is 13.4 Å². The molecule has 0 fully saturated rings. The smallest absolute Gasteiger partial charge is 0.342 e. The van der Waals surface area contributed by atoms with Gasteiger partial charge >= 0.3 is 5.97 Å². The standard InChI is InChI=1S/C21H30O6Si/c1-14(11-22)7-8-16-19(24-3)15(2)17-12-26-21(23)18(17)20(16)27-13-25-9-10-28(4,5)6/h7,11H,8-10,12-13H2,1-6H3/b14-7+. The van der Waals surface area contributed by atoms with Gasteiger partial charge < -0.3 is 18.9 Å². The fraction of sp³-hybridized carbons (Fsp3) is 0.524. The van der Waals surface area contributed by atoms with Crippen LogP contribution in [0.15, 0.2) is 11.6 Å². The van der Waals surface area contributed by atoms with Gasteiger partial charge in [-0.25, -0.2) is 4.79 Å². The van der Waals surface area contributed by atoms with Crippen LogP contribution in [-0.2, 0) is 27.3 Å². The first-order valence-electron chi connectivity index (χ1n) is 9.41. The van der Waals surface area contributed by atoms with Crippen LogP contribution in [0.25, 0.3) is 0 Å². The lowest BCUT2D eigenvalue weighted by atomic mass is 9.95. The maximum atomic E-state index is 12.4. The Morgan fingerprint density at radius 1 is 1.25 bits per heavy atom. The number of esters is 1. The molecule has 0 amide bonds. The molecule has 1 aliphatic rings. The highest BCUT2D eigenvalue weighted by molar-refractivity contribution is 6.76. The molecule has 6 nitrogen and oxygen atoms in total. The van der Waals surface area contributed by atoms with Gasteiger partial charge in [0, 0.05) is 25.8 Å². The summed E-state index contributed by atoms with van der Waals surface area (Å²) in [6.07, 6.45) is 2.98. The Bertz CT molecular complexity index is 776. The quantitative estimate of drug-likeness (QED) is 0.146. The second kappa shape index (κ2) is 9.38. The zero-order valence-corrected chi connectivity index (χ0v) is 18.6. The number of rotatable bonds is 10. The summed E-state index contributed by atoms with van der Waals surface area (Å²) in [5.74, 6) is 0.655. The summed E-state index contributed by atoms with van der Waals surface area (Å²) in [5.41, 5.74) is 3.37. The summed E-state index contributed by atoms with van der Waals surface area (Å²) in [5, 5.41) is 0. The Kier molecular flexibility index (Phi) is 7.43. The van der Waals surface area contributed by atoms with E-state index < -0.39 is 14.0 Å². The number of carbonyl (C=O) groups is 2. The van der Waals surface area contributed by atoms with Crippen LogP contribution in [-0.4, -0.2) is 40.8 Å². The van der Waals surface area contributed by atoms with Gasteiger partial charge in [0.15, 0.2) is 6.79 Å². The maximum absolute atomic E-state index is 12.4. The monoisotopic (exact) mass is 406 g/mol. The van der Waals surface area contributed by atoms with Gasteiger partial charge in [0.1, 0.15) is 30.0 Å². The van der Waals surface area contributed by atoms with E-state index in [9.17, 15) is 9.59 Å². The third kappa shape index (κ3) is 5.23. The van der Waals surface area contributed by atoms with Crippen molar-refractivity contribution in [1.82, 2.24) is 0 Å². The molecular weight excluding hydrogens is 376 g/mol. The average molecular weight is 407 g/mol. The number of hydrogen-bond donors (Lipinski definition) is 0. The third-order valence-electron chi connectivity index (χ3n) is 4.72. The van der Waals surface area contributed by atoms with Crippen LogP contribution in [0.2, 0.25) is 25.7 Å². The third-order valence-corrected chi connectivity index (χ3v) is 6.43. The van der Waals surface area contributed by atoms with Gasteiger partial charge in [-0.1, -0.05) is 25.7 Å². The highest BCUT2D eigenvalue weighted by atomic mass is 28.3. The largest absolute Gasteiger partial charge is 0.496 e. The van der Waals surface area contributed by atoms with Crippen molar-refractivity contribution in [3.8, 4) is 11.5 Å². The average Bonchev–Trinajstić information content (AvgIpc) is 3.02. The SMILES string of the molecule is COc1c(C)c2c(c(OCOCC[Si](C)(C)C)c1C/C=C(\C)C=O)C(=O)OC2. The molecule has 2 rings (SSSR count). The number of aldehydes is 1. The lowest BCUT2D eigenvalue weighted by Gasteiger charge is -2.20. The minimum absolute atomic E-state index is 0.0415. The van der Waals surface area contributed by atoms with E-state index >= 15 is 0 Å². The van der Waals surface area contributed by atoms with Crippen molar-refractivity contribution in [3.63, 3.8) is 0 Å². The van der Waals surface area contributed by atoms with E-state index in [1.54, 1.807) is 20.1 Å². The lowest BCUT2D eigenvalue weighted by molar-refractivity contribution is -0.104. The van der Waals surface area contributed by atoms with Crippen molar-refractivity contribution in [2.75, 3.05) is 20.5 Å². The number of carbonyl (C=O) groups excluding carboxylic acids is 2. The molecule has 7 heteroatoms. The van der Waals surface area contributed by atoms with Crippen molar-refractivity contribution in [3.05, 3.63) is 33.9 Å². The molecular formula is C21H30O6Si. The summed E-state index contributed by atoms with van der Waals surface area (Å²) in [7, 11) is 0.391. The Labute approximate surface area is 167 Å². The van der Waals surface area contributed by atoms with Gasteiger partial charge in [-0.15, -0.1) is 0 Å². The second-order valence-electron chi connectivity index (χ2n) is 8.15. The fourth-order valence-electron chi connectivity index (χ4n) is 3.02. The van der Waals surface area contributed by atoms with Crippen LogP contribution in [0.1, 0.15) is 34.0 Å². The van der Waals surface area contributed by atoms with Gasteiger partial charge in [-0.05, 0) is 37.4 Å². The Morgan fingerprint density at radius 2 is 1.96 bits per heavy atom. The molecule has 154 valence electrons. The number of fused-ring (bicyclic) bond motifs is 1. The molecule has 1 aromatic carbocycles. The van der Waals surface area contributed by atoms with Crippen molar-refractivity contribution >= 4 is 20.3 Å². The summed E-state index contributed by atoms with van der Waals surface area (Å²) < 4.78 is 22.4. The predicted molar refractivity (Wildman–Crippen MR) is 110 cm³/mol. The van der Waals surface area contributed by atoms with Gasteiger partial charge in [0.2, 0.25) is 0 Å². The van der Waals surface area contributed by atoms with Crippen molar-refractivity contribution in [2.24, 2.45) is 0 Å². The van der Waals surface area contributed by atoms with Gasteiger partial charge in [-0.3, -0.25) is 4.79 Å². The molecule has 0 aromatic heterocycles. The minimum Gasteiger partial charge on any atom is -0.496 e. The molecule has 1 aliphatic heterocycles. The normalized spacial score (nSPS) is 13.9. The zero-order chi connectivity index (χ0) is 20.9. The number of hydrogen-bond acceptors (Lipinski definition) is 6. The Balaban J connectivity index is 2.35. The second-order valence-corrected chi connectivity index (χ2v) is 13.8. The van der Waals surface area contributed by atoms with E-state index in [1.165, 1.54) is 0 Å². The molecule has 0 saturated heterocycles. The van der Waals surface area contributed by atoms with Gasteiger partial charge in [-0.2, -0.15) is 0 Å². The van der Waals surface area contributed by atoms with Crippen LogP contribution in [0.3, 0.4) is 0 Å². The first kappa shape index (κ1) is 22.2. The summed E-state index contributed by atoms with van der Waals surface area (Å²) in [6.45, 7) is 11.3. The molecule has 1 heterocycles. The van der Waals surface area contributed by atoms with E-state index in [1.807, 2.05) is 6.92 Å². The number of allylic oxidation sites excluding steroid dienone is 2. The van der Waals surface area contributed by atoms with Crippen LogP contribution in [0.5, 0.6) is 11.5 Å². The lowest BCUT2D eigenvalue weighted by Crippen LogP contribution is -2.22. The molecule has 0 unspecified atom stereocenters. The van der Waals surface area contributed by atoms with E-state index in [0.717, 1.165) is 23.5 Å². The minimum atomic E-state index is -1.19. The molecule has 0 N–H and O–H groups in total. The van der Waals surface area contributed by atoms with Gasteiger partial charge in [0.25, 0.3) is 0 Å². The predicted octanol–water partition coefficient (Wildman–Crippen LogP) is 4.05. The highest BCUT2D eigenvalue weighted by Gasteiger charge is 2.33. The fourth-order valence-corrected chi connectivity index (χ4v) is 3.77. The van der Waals surface area contributed by atoms with Crippen molar-refractivity contribution < 1.29 is 28.5 Å². The summed E-state index contributed by atoms with van der Waals surface area (Å²) in [4.78, 5) is 23.3. The Morgan fingerprint density at radius 3 is 2.57 bits per heavy atom. The van der Waals surface area contributed by atoms with Crippen LogP contribution < -0.4 is 9.47 Å². The molecule has 0 saturated carbocycles.